The van der Waals surface area contributed by atoms with Gasteiger partial charge in [-0.3, -0.25) is 4.79 Å². The van der Waals surface area contributed by atoms with Crippen molar-refractivity contribution in [3.63, 3.8) is 0 Å². The van der Waals surface area contributed by atoms with Crippen LogP contribution >= 0.6 is 0 Å². The topological polar surface area (TPSA) is 50.8 Å². The number of hydrogen-bond acceptors (Lipinski definition) is 4. The molecule has 0 bridgehead atoms. The van der Waals surface area contributed by atoms with E-state index in [1.807, 2.05) is 30.3 Å². The Labute approximate surface area is 159 Å². The van der Waals surface area contributed by atoms with Gasteiger partial charge in [0.05, 0.1) is 13.0 Å². The Morgan fingerprint density at radius 2 is 1.96 bits per heavy atom. The highest BCUT2D eigenvalue weighted by atomic mass is 19.1. The lowest BCUT2D eigenvalue weighted by Crippen LogP contribution is -2.55. The van der Waals surface area contributed by atoms with E-state index in [9.17, 15) is 9.18 Å². The standard InChI is InChI=1S/C21H25FN2O3/c1-24(14-17-5-3-2-4-6-17)20(25)13-21(15-23-11-12-27-21)16-26-19-9-7-18(22)8-10-19/h2-10,23H,11-16H2,1H3. The van der Waals surface area contributed by atoms with Gasteiger partial charge in [0.15, 0.2) is 0 Å². The van der Waals surface area contributed by atoms with Gasteiger partial charge in [-0.25, -0.2) is 4.39 Å². The van der Waals surface area contributed by atoms with E-state index < -0.39 is 5.60 Å². The Morgan fingerprint density at radius 3 is 2.63 bits per heavy atom. The van der Waals surface area contributed by atoms with Crippen LogP contribution in [-0.2, 0) is 16.1 Å². The SMILES string of the molecule is CN(Cc1ccccc1)C(=O)CC1(COc2ccc(F)cc2)CNCCO1. The highest BCUT2D eigenvalue weighted by Crippen LogP contribution is 2.22. The van der Waals surface area contributed by atoms with Crippen molar-refractivity contribution >= 4 is 5.91 Å². The molecule has 2 aromatic carbocycles. The van der Waals surface area contributed by atoms with Crippen molar-refractivity contribution in [1.82, 2.24) is 10.2 Å². The largest absolute Gasteiger partial charge is 0.491 e. The molecule has 1 N–H and O–H groups in total. The molecule has 6 heteroatoms. The molecule has 0 radical (unpaired) electrons. The van der Waals surface area contributed by atoms with Gasteiger partial charge in [0.2, 0.25) is 5.91 Å². The van der Waals surface area contributed by atoms with Crippen molar-refractivity contribution in [2.45, 2.75) is 18.6 Å². The zero-order valence-electron chi connectivity index (χ0n) is 15.5. The van der Waals surface area contributed by atoms with Gasteiger partial charge in [-0.05, 0) is 29.8 Å². The molecule has 0 aromatic heterocycles. The second kappa shape index (κ2) is 8.97. The van der Waals surface area contributed by atoms with Crippen molar-refractivity contribution in [2.24, 2.45) is 0 Å². The van der Waals surface area contributed by atoms with Crippen molar-refractivity contribution in [1.29, 1.82) is 0 Å². The smallest absolute Gasteiger partial charge is 0.225 e. The zero-order chi connectivity index (χ0) is 19.1. The molecular formula is C21H25FN2O3. The predicted molar refractivity (Wildman–Crippen MR) is 101 cm³/mol. The van der Waals surface area contributed by atoms with Gasteiger partial charge in [0, 0.05) is 26.7 Å². The lowest BCUT2D eigenvalue weighted by atomic mass is 9.98. The van der Waals surface area contributed by atoms with Crippen LogP contribution in [0.1, 0.15) is 12.0 Å². The predicted octanol–water partition coefficient (Wildman–Crippen LogP) is 2.61. The number of carbonyl (C=O) groups excluding carboxylic acids is 1. The number of hydrogen-bond donors (Lipinski definition) is 1. The number of morpholine rings is 1. The maximum absolute atomic E-state index is 13.1. The van der Waals surface area contributed by atoms with Gasteiger partial charge in [-0.1, -0.05) is 30.3 Å². The Bertz CT molecular complexity index is 731. The van der Waals surface area contributed by atoms with Gasteiger partial charge < -0.3 is 19.7 Å². The fraction of sp³-hybridized carbons (Fsp3) is 0.381. The van der Waals surface area contributed by atoms with E-state index in [4.69, 9.17) is 9.47 Å². The zero-order valence-corrected chi connectivity index (χ0v) is 15.5. The van der Waals surface area contributed by atoms with Crippen LogP contribution in [0.4, 0.5) is 4.39 Å². The number of ether oxygens (including phenoxy) is 2. The molecule has 1 unspecified atom stereocenters. The molecule has 1 fully saturated rings. The number of nitrogens with zero attached hydrogens (tertiary/aromatic N) is 1. The molecule has 0 spiro atoms. The molecular weight excluding hydrogens is 347 g/mol. The van der Waals surface area contributed by atoms with E-state index in [0.717, 1.165) is 12.1 Å². The van der Waals surface area contributed by atoms with Gasteiger partial charge in [0.25, 0.3) is 0 Å². The Balaban J connectivity index is 1.62. The monoisotopic (exact) mass is 372 g/mol. The minimum Gasteiger partial charge on any atom is -0.491 e. The van der Waals surface area contributed by atoms with Crippen molar-refractivity contribution in [3.8, 4) is 5.75 Å². The lowest BCUT2D eigenvalue weighted by Gasteiger charge is -2.37. The maximum Gasteiger partial charge on any atom is 0.225 e. The highest BCUT2D eigenvalue weighted by Gasteiger charge is 2.37. The van der Waals surface area contributed by atoms with Gasteiger partial charge >= 0.3 is 0 Å². The van der Waals surface area contributed by atoms with Crippen LogP contribution in [0.2, 0.25) is 0 Å². The van der Waals surface area contributed by atoms with Gasteiger partial charge in [-0.15, -0.1) is 0 Å². The maximum atomic E-state index is 13.1. The quantitative estimate of drug-likeness (QED) is 0.812. The van der Waals surface area contributed by atoms with Crippen LogP contribution < -0.4 is 10.1 Å². The average Bonchev–Trinajstić information content (AvgIpc) is 2.69. The number of halogens is 1. The summed E-state index contributed by atoms with van der Waals surface area (Å²) in [5.41, 5.74) is 0.335. The first-order valence-corrected chi connectivity index (χ1v) is 9.07. The minimum atomic E-state index is -0.741. The van der Waals surface area contributed by atoms with Crippen LogP contribution in [0.15, 0.2) is 54.6 Å². The molecule has 1 aliphatic heterocycles. The Kier molecular flexibility index (Phi) is 6.42. The van der Waals surface area contributed by atoms with E-state index in [2.05, 4.69) is 5.32 Å². The molecule has 5 nitrogen and oxygen atoms in total. The third kappa shape index (κ3) is 5.52. The normalized spacial score (nSPS) is 19.5. The summed E-state index contributed by atoms with van der Waals surface area (Å²) in [7, 11) is 1.79. The summed E-state index contributed by atoms with van der Waals surface area (Å²) in [5.74, 6) is 0.227. The first-order chi connectivity index (χ1) is 13.1. The van der Waals surface area contributed by atoms with E-state index in [1.165, 1.54) is 12.1 Å². The Morgan fingerprint density at radius 1 is 1.22 bits per heavy atom. The molecule has 2 aromatic rings. The highest BCUT2D eigenvalue weighted by molar-refractivity contribution is 5.77. The third-order valence-electron chi connectivity index (χ3n) is 4.61. The summed E-state index contributed by atoms with van der Waals surface area (Å²) in [4.78, 5) is 14.5. The number of amides is 1. The fourth-order valence-electron chi connectivity index (χ4n) is 3.07. The molecule has 1 aliphatic rings. The molecule has 1 amide bonds. The van der Waals surface area contributed by atoms with Crippen molar-refractivity contribution in [3.05, 3.63) is 66.0 Å². The fourth-order valence-corrected chi connectivity index (χ4v) is 3.07. The van der Waals surface area contributed by atoms with Crippen LogP contribution in [0.25, 0.3) is 0 Å². The summed E-state index contributed by atoms with van der Waals surface area (Å²) in [6, 6.07) is 15.7. The number of nitrogens with one attached hydrogen (secondary N) is 1. The molecule has 27 heavy (non-hydrogen) atoms. The molecule has 0 saturated carbocycles. The second-order valence-corrected chi connectivity index (χ2v) is 6.86. The molecule has 144 valence electrons. The molecule has 1 atom stereocenters. The number of carbonyl (C=O) groups is 1. The van der Waals surface area contributed by atoms with E-state index in [0.29, 0.717) is 25.4 Å². The summed E-state index contributed by atoms with van der Waals surface area (Å²) in [6.07, 6.45) is 0.213. The second-order valence-electron chi connectivity index (χ2n) is 6.86. The summed E-state index contributed by atoms with van der Waals surface area (Å²) < 4.78 is 24.8. The minimum absolute atomic E-state index is 0.00902. The lowest BCUT2D eigenvalue weighted by molar-refractivity contribution is -0.144. The van der Waals surface area contributed by atoms with Crippen LogP contribution in [-0.4, -0.2) is 49.8 Å². The van der Waals surface area contributed by atoms with Crippen molar-refractivity contribution in [2.75, 3.05) is 33.4 Å². The van der Waals surface area contributed by atoms with Crippen LogP contribution in [0, 0.1) is 5.82 Å². The van der Waals surface area contributed by atoms with Gasteiger partial charge in [0.1, 0.15) is 23.8 Å². The van der Waals surface area contributed by atoms with E-state index in [-0.39, 0.29) is 24.8 Å². The van der Waals surface area contributed by atoms with Crippen molar-refractivity contribution < 1.29 is 18.7 Å². The molecule has 1 heterocycles. The van der Waals surface area contributed by atoms with Crippen LogP contribution in [0.3, 0.4) is 0 Å². The van der Waals surface area contributed by atoms with Gasteiger partial charge in [-0.2, -0.15) is 0 Å². The van der Waals surface area contributed by atoms with E-state index >= 15 is 0 Å². The summed E-state index contributed by atoms with van der Waals surface area (Å²) in [5, 5.41) is 3.28. The summed E-state index contributed by atoms with van der Waals surface area (Å²) >= 11 is 0. The number of rotatable bonds is 7. The van der Waals surface area contributed by atoms with Crippen LogP contribution in [0.5, 0.6) is 5.75 Å². The molecule has 3 rings (SSSR count). The molecule has 0 aliphatic carbocycles. The van der Waals surface area contributed by atoms with E-state index in [1.54, 1.807) is 24.1 Å². The first kappa shape index (κ1) is 19.3. The third-order valence-corrected chi connectivity index (χ3v) is 4.61. The first-order valence-electron chi connectivity index (χ1n) is 9.07. The summed E-state index contributed by atoms with van der Waals surface area (Å²) in [6.45, 7) is 2.55. The molecule has 1 saturated heterocycles. The Hall–Kier alpha value is -2.44. The number of benzene rings is 2. The average molecular weight is 372 g/mol.